The van der Waals surface area contributed by atoms with E-state index in [1.165, 1.54) is 5.56 Å². The number of benzene rings is 2. The Hall–Kier alpha value is -2.08. The molecule has 2 N–H and O–H groups in total. The first-order valence-corrected chi connectivity index (χ1v) is 8.77. The summed E-state index contributed by atoms with van der Waals surface area (Å²) in [6.45, 7) is 2.59. The van der Waals surface area contributed by atoms with Gasteiger partial charge in [0.1, 0.15) is 0 Å². The van der Waals surface area contributed by atoms with E-state index < -0.39 is 0 Å². The molecular formula is C18H16Cl2N4S. The van der Waals surface area contributed by atoms with Crippen LogP contribution in [0.25, 0.3) is 0 Å². The summed E-state index contributed by atoms with van der Waals surface area (Å²) < 4.78 is 1.78. The lowest BCUT2D eigenvalue weighted by molar-refractivity contribution is 0.687. The van der Waals surface area contributed by atoms with Gasteiger partial charge in [0.15, 0.2) is 5.11 Å². The molecule has 0 aliphatic heterocycles. The highest BCUT2D eigenvalue weighted by molar-refractivity contribution is 7.80. The van der Waals surface area contributed by atoms with Crippen molar-refractivity contribution in [2.75, 3.05) is 10.6 Å². The minimum Gasteiger partial charge on any atom is -0.332 e. The zero-order chi connectivity index (χ0) is 17.8. The van der Waals surface area contributed by atoms with E-state index in [2.05, 4.69) is 15.7 Å². The van der Waals surface area contributed by atoms with Gasteiger partial charge in [-0.25, -0.2) is 0 Å². The fraction of sp³-hybridized carbons (Fsp3) is 0.111. The number of halogens is 2. The Morgan fingerprint density at radius 1 is 1.08 bits per heavy atom. The predicted octanol–water partition coefficient (Wildman–Crippen LogP) is 5.36. The number of nitrogens with one attached hydrogen (secondary N) is 2. The SMILES string of the molecule is Cc1ccc(NC(=S)Nc2cnn(Cc3ccc(Cl)cc3Cl)c2)cc1. The Balaban J connectivity index is 1.61. The largest absolute Gasteiger partial charge is 0.332 e. The number of aryl methyl sites for hydroxylation is 1. The van der Waals surface area contributed by atoms with Crippen molar-refractivity contribution in [3.63, 3.8) is 0 Å². The Morgan fingerprint density at radius 2 is 1.80 bits per heavy atom. The van der Waals surface area contributed by atoms with Gasteiger partial charge < -0.3 is 10.6 Å². The van der Waals surface area contributed by atoms with Crippen LogP contribution in [0.15, 0.2) is 54.9 Å². The maximum absolute atomic E-state index is 6.20. The highest BCUT2D eigenvalue weighted by Crippen LogP contribution is 2.22. The van der Waals surface area contributed by atoms with Crippen molar-refractivity contribution in [2.45, 2.75) is 13.5 Å². The third-order valence-corrected chi connectivity index (χ3v) is 4.34. The van der Waals surface area contributed by atoms with Crippen LogP contribution in [0, 0.1) is 6.92 Å². The second kappa shape index (κ2) is 7.87. The zero-order valence-electron chi connectivity index (χ0n) is 13.5. The van der Waals surface area contributed by atoms with Crippen molar-refractivity contribution in [3.05, 3.63) is 76.0 Å². The van der Waals surface area contributed by atoms with Crippen LogP contribution in [0.3, 0.4) is 0 Å². The number of anilines is 2. The van der Waals surface area contributed by atoms with Gasteiger partial charge in [-0.1, -0.05) is 47.0 Å². The summed E-state index contributed by atoms with van der Waals surface area (Å²) in [6.07, 6.45) is 3.58. The van der Waals surface area contributed by atoms with Crippen molar-refractivity contribution in [1.82, 2.24) is 9.78 Å². The van der Waals surface area contributed by atoms with E-state index in [4.69, 9.17) is 35.4 Å². The molecule has 128 valence electrons. The molecule has 3 rings (SSSR count). The highest BCUT2D eigenvalue weighted by Gasteiger charge is 2.05. The summed E-state index contributed by atoms with van der Waals surface area (Å²) in [5, 5.41) is 12.3. The van der Waals surface area contributed by atoms with E-state index >= 15 is 0 Å². The molecule has 3 aromatic rings. The average Bonchev–Trinajstić information content (AvgIpc) is 2.99. The Kier molecular flexibility index (Phi) is 5.58. The van der Waals surface area contributed by atoms with Crippen molar-refractivity contribution in [2.24, 2.45) is 0 Å². The molecule has 1 aromatic heterocycles. The molecule has 0 amide bonds. The molecule has 7 heteroatoms. The fourth-order valence-electron chi connectivity index (χ4n) is 2.27. The van der Waals surface area contributed by atoms with Crippen molar-refractivity contribution >= 4 is 51.9 Å². The van der Waals surface area contributed by atoms with E-state index in [1.54, 1.807) is 16.9 Å². The normalized spacial score (nSPS) is 10.5. The van der Waals surface area contributed by atoms with Crippen LogP contribution in [0.4, 0.5) is 11.4 Å². The van der Waals surface area contributed by atoms with E-state index in [0.29, 0.717) is 21.7 Å². The van der Waals surface area contributed by atoms with Gasteiger partial charge in [0.25, 0.3) is 0 Å². The lowest BCUT2D eigenvalue weighted by atomic mass is 10.2. The molecule has 0 spiro atoms. The summed E-state index contributed by atoms with van der Waals surface area (Å²) in [4.78, 5) is 0. The van der Waals surface area contributed by atoms with Gasteiger partial charge in [0.05, 0.1) is 18.4 Å². The molecule has 1 heterocycles. The third-order valence-electron chi connectivity index (χ3n) is 3.55. The van der Waals surface area contributed by atoms with E-state index in [9.17, 15) is 0 Å². The second-order valence-corrected chi connectivity index (χ2v) is 6.86. The monoisotopic (exact) mass is 390 g/mol. The summed E-state index contributed by atoms with van der Waals surface area (Å²) in [5.74, 6) is 0. The molecule has 25 heavy (non-hydrogen) atoms. The van der Waals surface area contributed by atoms with E-state index in [-0.39, 0.29) is 0 Å². The molecular weight excluding hydrogens is 375 g/mol. The van der Waals surface area contributed by atoms with E-state index in [1.807, 2.05) is 49.5 Å². The molecule has 0 saturated heterocycles. The van der Waals surface area contributed by atoms with Crippen LogP contribution in [0.5, 0.6) is 0 Å². The molecule has 0 atom stereocenters. The molecule has 2 aromatic carbocycles. The quantitative estimate of drug-likeness (QED) is 0.588. The minimum absolute atomic E-state index is 0.507. The minimum atomic E-state index is 0.507. The maximum Gasteiger partial charge on any atom is 0.175 e. The molecule has 0 aliphatic carbocycles. The first-order chi connectivity index (χ1) is 12.0. The van der Waals surface area contributed by atoms with Gasteiger partial charge >= 0.3 is 0 Å². The first-order valence-electron chi connectivity index (χ1n) is 7.61. The summed E-state index contributed by atoms with van der Waals surface area (Å²) in [5.41, 5.74) is 3.88. The molecule has 0 fully saturated rings. The molecule has 0 unspecified atom stereocenters. The lowest BCUT2D eigenvalue weighted by Crippen LogP contribution is -2.18. The number of rotatable bonds is 4. The number of nitrogens with zero attached hydrogens (tertiary/aromatic N) is 2. The summed E-state index contributed by atoms with van der Waals surface area (Å²) in [7, 11) is 0. The van der Waals surface area contributed by atoms with Crippen LogP contribution in [0.1, 0.15) is 11.1 Å². The molecule has 0 radical (unpaired) electrons. The van der Waals surface area contributed by atoms with Crippen LogP contribution < -0.4 is 10.6 Å². The second-order valence-electron chi connectivity index (χ2n) is 5.61. The van der Waals surface area contributed by atoms with Crippen LogP contribution in [0.2, 0.25) is 10.0 Å². The lowest BCUT2D eigenvalue weighted by Gasteiger charge is -2.09. The van der Waals surface area contributed by atoms with Gasteiger partial charge in [-0.15, -0.1) is 0 Å². The summed E-state index contributed by atoms with van der Waals surface area (Å²) in [6, 6.07) is 13.4. The highest BCUT2D eigenvalue weighted by atomic mass is 35.5. The van der Waals surface area contributed by atoms with Gasteiger partial charge in [-0.2, -0.15) is 5.10 Å². The Bertz CT molecular complexity index is 890. The standard InChI is InChI=1S/C18H16Cl2N4S/c1-12-2-6-15(7-3-12)22-18(25)23-16-9-21-24(11-16)10-13-4-5-14(19)8-17(13)20/h2-9,11H,10H2,1H3,(H2,22,23,25). The number of aromatic nitrogens is 2. The zero-order valence-corrected chi connectivity index (χ0v) is 15.8. The summed E-state index contributed by atoms with van der Waals surface area (Å²) >= 11 is 17.4. The number of hydrogen-bond donors (Lipinski definition) is 2. The maximum atomic E-state index is 6.20. The van der Waals surface area contributed by atoms with Crippen molar-refractivity contribution in [1.29, 1.82) is 0 Å². The van der Waals surface area contributed by atoms with Crippen LogP contribution >= 0.6 is 35.4 Å². The van der Waals surface area contributed by atoms with Crippen molar-refractivity contribution in [3.8, 4) is 0 Å². The van der Waals surface area contributed by atoms with Crippen molar-refractivity contribution < 1.29 is 0 Å². The van der Waals surface area contributed by atoms with Gasteiger partial charge in [0, 0.05) is 21.9 Å². The van der Waals surface area contributed by atoms with Gasteiger partial charge in [-0.3, -0.25) is 4.68 Å². The molecule has 0 bridgehead atoms. The first kappa shape index (κ1) is 17.7. The van der Waals surface area contributed by atoms with Gasteiger partial charge in [0.2, 0.25) is 0 Å². The third kappa shape index (κ3) is 4.95. The Labute approximate surface area is 161 Å². The van der Waals surface area contributed by atoms with Gasteiger partial charge in [-0.05, 0) is 49.0 Å². The molecule has 0 aliphatic rings. The Morgan fingerprint density at radius 3 is 2.52 bits per heavy atom. The topological polar surface area (TPSA) is 41.9 Å². The number of thiocarbonyl (C=S) groups is 1. The fourth-order valence-corrected chi connectivity index (χ4v) is 2.97. The predicted molar refractivity (Wildman–Crippen MR) is 109 cm³/mol. The molecule has 0 saturated carbocycles. The van der Waals surface area contributed by atoms with Crippen LogP contribution in [-0.4, -0.2) is 14.9 Å². The van der Waals surface area contributed by atoms with E-state index in [0.717, 1.165) is 16.9 Å². The molecule has 4 nitrogen and oxygen atoms in total. The van der Waals surface area contributed by atoms with Crippen LogP contribution in [-0.2, 0) is 6.54 Å². The average molecular weight is 391 g/mol. The smallest absolute Gasteiger partial charge is 0.175 e. The number of hydrogen-bond acceptors (Lipinski definition) is 2.